The Morgan fingerprint density at radius 1 is 1.33 bits per heavy atom. The monoisotopic (exact) mass is 193 g/mol. The quantitative estimate of drug-likeness (QED) is 0.628. The van der Waals surface area contributed by atoms with Gasteiger partial charge in [-0.05, 0) is 19.9 Å². The van der Waals surface area contributed by atoms with E-state index in [1.165, 1.54) is 9.58 Å². The van der Waals surface area contributed by atoms with Gasteiger partial charge in [-0.3, -0.25) is 0 Å². The number of fused-ring (bicyclic) bond motifs is 1. The fraction of sp³-hybridized carbons (Fsp3) is 0.222. The van der Waals surface area contributed by atoms with Crippen LogP contribution in [0.25, 0.3) is 9.40 Å². The van der Waals surface area contributed by atoms with Crippen LogP contribution in [-0.4, -0.2) is 0 Å². The van der Waals surface area contributed by atoms with Crippen LogP contribution in [0.1, 0.15) is 15.3 Å². The van der Waals surface area contributed by atoms with Gasteiger partial charge in [0.05, 0.1) is 10.3 Å². The molecule has 0 spiro atoms. The van der Waals surface area contributed by atoms with E-state index in [4.69, 9.17) is 5.26 Å². The lowest BCUT2D eigenvalue weighted by Crippen LogP contribution is -1.68. The summed E-state index contributed by atoms with van der Waals surface area (Å²) in [4.78, 5) is 2.42. The van der Waals surface area contributed by atoms with E-state index in [0.29, 0.717) is 0 Å². The van der Waals surface area contributed by atoms with Crippen molar-refractivity contribution in [3.05, 3.63) is 21.4 Å². The number of hydrogen-bond donors (Lipinski definition) is 0. The molecule has 0 aromatic carbocycles. The van der Waals surface area contributed by atoms with E-state index in [2.05, 4.69) is 19.1 Å². The molecule has 0 amide bonds. The summed E-state index contributed by atoms with van der Waals surface area (Å²) in [5.41, 5.74) is 0.869. The Morgan fingerprint density at radius 2 is 2.08 bits per heavy atom. The third-order valence-electron chi connectivity index (χ3n) is 1.78. The van der Waals surface area contributed by atoms with E-state index in [9.17, 15) is 0 Å². The van der Waals surface area contributed by atoms with E-state index in [-0.39, 0.29) is 0 Å². The average Bonchev–Trinajstić information content (AvgIpc) is 2.43. The van der Waals surface area contributed by atoms with E-state index in [0.717, 1.165) is 15.1 Å². The first-order valence-electron chi connectivity index (χ1n) is 3.62. The number of aryl methyl sites for hydroxylation is 2. The zero-order valence-electron chi connectivity index (χ0n) is 6.84. The maximum absolute atomic E-state index is 8.88. The van der Waals surface area contributed by atoms with Crippen molar-refractivity contribution in [2.24, 2.45) is 0 Å². The second kappa shape index (κ2) is 2.58. The molecule has 0 N–H and O–H groups in total. The molecule has 0 aliphatic carbocycles. The summed E-state index contributed by atoms with van der Waals surface area (Å²) in [5, 5.41) is 8.88. The van der Waals surface area contributed by atoms with Gasteiger partial charge in [-0.25, -0.2) is 0 Å². The van der Waals surface area contributed by atoms with E-state index >= 15 is 0 Å². The van der Waals surface area contributed by atoms with Crippen LogP contribution in [-0.2, 0) is 0 Å². The zero-order valence-corrected chi connectivity index (χ0v) is 8.47. The van der Waals surface area contributed by atoms with Crippen LogP contribution in [0.3, 0.4) is 0 Å². The number of thiophene rings is 2. The normalized spacial score (nSPS) is 10.4. The Bertz CT molecular complexity index is 470. The molecule has 2 heterocycles. The second-order valence-electron chi connectivity index (χ2n) is 2.70. The van der Waals surface area contributed by atoms with Gasteiger partial charge in [0.2, 0.25) is 0 Å². The van der Waals surface area contributed by atoms with Crippen molar-refractivity contribution < 1.29 is 0 Å². The van der Waals surface area contributed by atoms with E-state index < -0.39 is 0 Å². The summed E-state index contributed by atoms with van der Waals surface area (Å²) in [7, 11) is 0. The third-order valence-corrected chi connectivity index (χ3v) is 4.02. The number of nitrogens with zero attached hydrogens (tertiary/aromatic N) is 1. The van der Waals surface area contributed by atoms with Gasteiger partial charge >= 0.3 is 0 Å². The van der Waals surface area contributed by atoms with Crippen LogP contribution in [0.15, 0.2) is 6.07 Å². The van der Waals surface area contributed by atoms with Gasteiger partial charge in [-0.1, -0.05) is 0 Å². The first-order chi connectivity index (χ1) is 5.72. The van der Waals surface area contributed by atoms with Gasteiger partial charge in [0.25, 0.3) is 0 Å². The summed E-state index contributed by atoms with van der Waals surface area (Å²) < 4.78 is 2.42. The molecule has 0 fully saturated rings. The average molecular weight is 193 g/mol. The Morgan fingerprint density at radius 3 is 2.75 bits per heavy atom. The minimum Gasteiger partial charge on any atom is -0.192 e. The molecule has 0 aliphatic rings. The van der Waals surface area contributed by atoms with Crippen molar-refractivity contribution >= 4 is 32.1 Å². The smallest absolute Gasteiger partial charge is 0.102 e. The van der Waals surface area contributed by atoms with Crippen LogP contribution in [0, 0.1) is 25.2 Å². The summed E-state index contributed by atoms with van der Waals surface area (Å²) >= 11 is 3.42. The van der Waals surface area contributed by atoms with Crippen LogP contribution >= 0.6 is 22.7 Å². The van der Waals surface area contributed by atoms with Gasteiger partial charge in [-0.15, -0.1) is 22.7 Å². The van der Waals surface area contributed by atoms with Crippen molar-refractivity contribution in [2.45, 2.75) is 13.8 Å². The molecule has 2 aromatic rings. The highest BCUT2D eigenvalue weighted by molar-refractivity contribution is 7.28. The molecule has 0 radical (unpaired) electrons. The topological polar surface area (TPSA) is 23.8 Å². The van der Waals surface area contributed by atoms with Gasteiger partial charge in [0.1, 0.15) is 6.07 Å². The molecule has 12 heavy (non-hydrogen) atoms. The van der Waals surface area contributed by atoms with Crippen molar-refractivity contribution in [2.75, 3.05) is 0 Å². The fourth-order valence-electron chi connectivity index (χ4n) is 1.25. The minimum atomic E-state index is 0.869. The van der Waals surface area contributed by atoms with Crippen molar-refractivity contribution in [3.8, 4) is 6.07 Å². The summed E-state index contributed by atoms with van der Waals surface area (Å²) in [5.74, 6) is 0. The highest BCUT2D eigenvalue weighted by Crippen LogP contribution is 2.36. The maximum atomic E-state index is 8.88. The van der Waals surface area contributed by atoms with Crippen molar-refractivity contribution in [1.82, 2.24) is 0 Å². The predicted molar refractivity (Wildman–Crippen MR) is 53.9 cm³/mol. The zero-order chi connectivity index (χ0) is 8.72. The highest BCUT2D eigenvalue weighted by atomic mass is 32.1. The number of hydrogen-bond acceptors (Lipinski definition) is 3. The van der Waals surface area contributed by atoms with E-state index in [1.54, 1.807) is 22.7 Å². The van der Waals surface area contributed by atoms with Crippen molar-refractivity contribution in [1.29, 1.82) is 5.26 Å². The standard InChI is InChI=1S/C9H7NS2/c1-5-3-8-9(11-5)7(4-10)6(2)12-8/h3H,1-2H3. The van der Waals surface area contributed by atoms with Crippen molar-refractivity contribution in [3.63, 3.8) is 0 Å². The van der Waals surface area contributed by atoms with Gasteiger partial charge in [0, 0.05) is 14.5 Å². The van der Waals surface area contributed by atoms with Gasteiger partial charge in [0.15, 0.2) is 0 Å². The molecule has 0 aliphatic heterocycles. The van der Waals surface area contributed by atoms with Gasteiger partial charge in [-0.2, -0.15) is 5.26 Å². The van der Waals surface area contributed by atoms with Crippen LogP contribution in [0.5, 0.6) is 0 Å². The molecule has 0 saturated heterocycles. The Kier molecular flexibility index (Phi) is 1.67. The molecule has 0 saturated carbocycles. The SMILES string of the molecule is Cc1cc2sc(C)c(C#N)c2s1. The molecule has 60 valence electrons. The molecule has 2 rings (SSSR count). The molecular weight excluding hydrogens is 186 g/mol. The van der Waals surface area contributed by atoms with Crippen LogP contribution in [0.4, 0.5) is 0 Å². The largest absolute Gasteiger partial charge is 0.192 e. The Hall–Kier alpha value is -0.850. The lowest BCUT2D eigenvalue weighted by atomic mass is 10.3. The van der Waals surface area contributed by atoms with Gasteiger partial charge < -0.3 is 0 Å². The maximum Gasteiger partial charge on any atom is 0.102 e. The summed E-state index contributed by atoms with van der Waals surface area (Å²) in [6, 6.07) is 4.40. The lowest BCUT2D eigenvalue weighted by molar-refractivity contribution is 1.49. The first kappa shape index (κ1) is 7.78. The van der Waals surface area contributed by atoms with E-state index in [1.807, 2.05) is 6.92 Å². The molecule has 3 heteroatoms. The minimum absolute atomic E-state index is 0.869. The third kappa shape index (κ3) is 0.961. The first-order valence-corrected chi connectivity index (χ1v) is 5.25. The highest BCUT2D eigenvalue weighted by Gasteiger charge is 2.10. The van der Waals surface area contributed by atoms with Crippen LogP contribution in [0.2, 0.25) is 0 Å². The second-order valence-corrected chi connectivity index (χ2v) is 5.21. The summed E-state index contributed by atoms with van der Waals surface area (Å²) in [6.45, 7) is 4.08. The Labute approximate surface area is 78.9 Å². The molecule has 0 unspecified atom stereocenters. The molecular formula is C9H7NS2. The molecule has 0 atom stereocenters. The fourth-order valence-corrected chi connectivity index (χ4v) is 3.60. The molecule has 0 bridgehead atoms. The summed E-state index contributed by atoms with van der Waals surface area (Å²) in [6.07, 6.45) is 0. The number of nitriles is 1. The molecule has 2 aromatic heterocycles. The predicted octanol–water partition coefficient (Wildman–Crippen LogP) is 3.45. The van der Waals surface area contributed by atoms with Crippen LogP contribution < -0.4 is 0 Å². The lowest BCUT2D eigenvalue weighted by Gasteiger charge is -1.82. The Balaban J connectivity index is 2.89. The molecule has 1 nitrogen and oxygen atoms in total. The number of rotatable bonds is 0.